The first-order chi connectivity index (χ1) is 8.66. The van der Waals surface area contributed by atoms with Gasteiger partial charge in [-0.3, -0.25) is 4.79 Å². The molecule has 90 valence electrons. The van der Waals surface area contributed by atoms with Gasteiger partial charge in [-0.1, -0.05) is 18.2 Å². The summed E-state index contributed by atoms with van der Waals surface area (Å²) in [6.07, 6.45) is 0. The number of rotatable bonds is 1. The fourth-order valence-corrected chi connectivity index (χ4v) is 3.37. The summed E-state index contributed by atoms with van der Waals surface area (Å²) >= 11 is 1.74. The Hall–Kier alpha value is -1.87. The van der Waals surface area contributed by atoms with Crippen molar-refractivity contribution in [1.82, 2.24) is 0 Å². The van der Waals surface area contributed by atoms with Crippen LogP contribution in [0.1, 0.15) is 12.5 Å². The summed E-state index contributed by atoms with van der Waals surface area (Å²) < 4.78 is 7.67. The van der Waals surface area contributed by atoms with Crippen LogP contribution >= 0.6 is 11.3 Å². The van der Waals surface area contributed by atoms with Crippen LogP contribution in [0.4, 0.5) is 0 Å². The molecule has 1 aromatic heterocycles. The average molecular weight is 256 g/mol. The SMILES string of the molecule is CC(=O)Oc1ccc2c(sc3ccccc32)c1C. The van der Waals surface area contributed by atoms with Crippen molar-refractivity contribution in [2.45, 2.75) is 13.8 Å². The maximum Gasteiger partial charge on any atom is 0.308 e. The maximum absolute atomic E-state index is 11.1. The number of carbonyl (C=O) groups excluding carboxylic acids is 1. The molecule has 18 heavy (non-hydrogen) atoms. The van der Waals surface area contributed by atoms with Crippen molar-refractivity contribution >= 4 is 37.5 Å². The first kappa shape index (κ1) is 11.2. The van der Waals surface area contributed by atoms with Gasteiger partial charge in [0.1, 0.15) is 5.75 Å². The number of fused-ring (bicyclic) bond motifs is 3. The Morgan fingerprint density at radius 3 is 2.67 bits per heavy atom. The number of hydrogen-bond acceptors (Lipinski definition) is 3. The highest BCUT2D eigenvalue weighted by atomic mass is 32.1. The van der Waals surface area contributed by atoms with E-state index >= 15 is 0 Å². The van der Waals surface area contributed by atoms with Crippen LogP contribution < -0.4 is 4.74 Å². The number of esters is 1. The van der Waals surface area contributed by atoms with Gasteiger partial charge >= 0.3 is 5.97 Å². The Balaban J connectivity index is 2.32. The van der Waals surface area contributed by atoms with E-state index in [2.05, 4.69) is 12.1 Å². The smallest absolute Gasteiger partial charge is 0.308 e. The molecular weight excluding hydrogens is 244 g/mol. The zero-order chi connectivity index (χ0) is 12.7. The van der Waals surface area contributed by atoms with Crippen molar-refractivity contribution in [2.24, 2.45) is 0 Å². The molecule has 0 aliphatic heterocycles. The monoisotopic (exact) mass is 256 g/mol. The largest absolute Gasteiger partial charge is 0.426 e. The summed E-state index contributed by atoms with van der Waals surface area (Å²) in [4.78, 5) is 11.1. The van der Waals surface area contributed by atoms with E-state index in [9.17, 15) is 4.79 Å². The third-order valence-electron chi connectivity index (χ3n) is 3.00. The third-order valence-corrected chi connectivity index (χ3v) is 4.31. The fraction of sp³-hybridized carbons (Fsp3) is 0.133. The van der Waals surface area contributed by atoms with Gasteiger partial charge in [0, 0.05) is 32.7 Å². The minimum atomic E-state index is -0.279. The second kappa shape index (κ2) is 4.10. The van der Waals surface area contributed by atoms with Crippen LogP contribution in [0.25, 0.3) is 20.2 Å². The number of thiophene rings is 1. The quantitative estimate of drug-likeness (QED) is 0.479. The number of benzene rings is 2. The molecule has 0 amide bonds. The zero-order valence-electron chi connectivity index (χ0n) is 10.2. The van der Waals surface area contributed by atoms with Crippen molar-refractivity contribution in [1.29, 1.82) is 0 Å². The molecule has 0 spiro atoms. The van der Waals surface area contributed by atoms with Crippen LogP contribution in [0.15, 0.2) is 36.4 Å². The highest BCUT2D eigenvalue weighted by Gasteiger charge is 2.11. The van der Waals surface area contributed by atoms with Gasteiger partial charge < -0.3 is 4.74 Å². The lowest BCUT2D eigenvalue weighted by Crippen LogP contribution is -2.02. The predicted octanol–water partition coefficient (Wildman–Crippen LogP) is 4.29. The molecule has 0 N–H and O–H groups in total. The van der Waals surface area contributed by atoms with Gasteiger partial charge in [0.05, 0.1) is 0 Å². The van der Waals surface area contributed by atoms with E-state index in [1.807, 2.05) is 31.2 Å². The molecule has 3 rings (SSSR count). The minimum Gasteiger partial charge on any atom is -0.426 e. The molecule has 0 aliphatic carbocycles. The molecule has 2 aromatic carbocycles. The summed E-state index contributed by atoms with van der Waals surface area (Å²) in [7, 11) is 0. The highest BCUT2D eigenvalue weighted by molar-refractivity contribution is 7.26. The normalized spacial score (nSPS) is 11.0. The van der Waals surface area contributed by atoms with Gasteiger partial charge in [-0.25, -0.2) is 0 Å². The maximum atomic E-state index is 11.1. The van der Waals surface area contributed by atoms with E-state index in [1.165, 1.54) is 27.1 Å². The van der Waals surface area contributed by atoms with E-state index in [-0.39, 0.29) is 5.97 Å². The van der Waals surface area contributed by atoms with E-state index in [0.717, 1.165) is 5.56 Å². The number of hydrogen-bond donors (Lipinski definition) is 0. The summed E-state index contributed by atoms with van der Waals surface area (Å²) in [5, 5.41) is 2.49. The molecule has 0 aliphatic rings. The van der Waals surface area contributed by atoms with Crippen molar-refractivity contribution in [2.75, 3.05) is 0 Å². The number of aryl methyl sites for hydroxylation is 1. The summed E-state index contributed by atoms with van der Waals surface area (Å²) in [5.41, 5.74) is 1.03. The predicted molar refractivity (Wildman–Crippen MR) is 75.4 cm³/mol. The van der Waals surface area contributed by atoms with Crippen LogP contribution in [0, 0.1) is 6.92 Å². The Bertz CT molecular complexity index is 756. The van der Waals surface area contributed by atoms with Crippen molar-refractivity contribution < 1.29 is 9.53 Å². The van der Waals surface area contributed by atoms with Gasteiger partial charge in [-0.2, -0.15) is 0 Å². The van der Waals surface area contributed by atoms with Crippen LogP contribution in [-0.2, 0) is 4.79 Å². The van der Waals surface area contributed by atoms with Gasteiger partial charge in [0.2, 0.25) is 0 Å². The molecular formula is C15H12O2S. The third kappa shape index (κ3) is 1.68. The second-order valence-corrected chi connectivity index (χ2v) is 5.31. The molecule has 0 fully saturated rings. The van der Waals surface area contributed by atoms with Gasteiger partial charge in [-0.15, -0.1) is 11.3 Å². The lowest BCUT2D eigenvalue weighted by atomic mass is 10.1. The second-order valence-electron chi connectivity index (χ2n) is 4.26. The molecule has 0 saturated heterocycles. The summed E-state index contributed by atoms with van der Waals surface area (Å²) in [6.45, 7) is 3.42. The van der Waals surface area contributed by atoms with E-state index in [4.69, 9.17) is 4.74 Å². The fourth-order valence-electron chi connectivity index (χ4n) is 2.17. The Morgan fingerprint density at radius 1 is 1.11 bits per heavy atom. The summed E-state index contributed by atoms with van der Waals surface area (Å²) in [5.74, 6) is 0.375. The molecule has 2 nitrogen and oxygen atoms in total. The highest BCUT2D eigenvalue weighted by Crippen LogP contribution is 2.38. The van der Waals surface area contributed by atoms with Gasteiger partial charge in [-0.05, 0) is 25.1 Å². The Morgan fingerprint density at radius 2 is 1.89 bits per heavy atom. The molecule has 0 atom stereocenters. The topological polar surface area (TPSA) is 26.3 Å². The zero-order valence-corrected chi connectivity index (χ0v) is 11.0. The van der Waals surface area contributed by atoms with Crippen molar-refractivity contribution in [3.63, 3.8) is 0 Å². The molecule has 3 heteroatoms. The van der Waals surface area contributed by atoms with Crippen molar-refractivity contribution in [3.05, 3.63) is 42.0 Å². The lowest BCUT2D eigenvalue weighted by Gasteiger charge is -2.05. The number of ether oxygens (including phenoxy) is 1. The van der Waals surface area contributed by atoms with E-state index < -0.39 is 0 Å². The standard InChI is InChI=1S/C15H12O2S/c1-9-13(17-10(2)16)8-7-12-11-5-3-4-6-14(11)18-15(9)12/h3-8H,1-2H3. The minimum absolute atomic E-state index is 0.279. The molecule has 0 radical (unpaired) electrons. The van der Waals surface area contributed by atoms with Crippen LogP contribution in [-0.4, -0.2) is 5.97 Å². The summed E-state index contributed by atoms with van der Waals surface area (Å²) in [6, 6.07) is 12.2. The molecule has 3 aromatic rings. The lowest BCUT2D eigenvalue weighted by molar-refractivity contribution is -0.131. The van der Waals surface area contributed by atoms with Gasteiger partial charge in [0.15, 0.2) is 0 Å². The molecule has 0 saturated carbocycles. The number of carbonyl (C=O) groups is 1. The van der Waals surface area contributed by atoms with Crippen molar-refractivity contribution in [3.8, 4) is 5.75 Å². The van der Waals surface area contributed by atoms with Crippen LogP contribution in [0.2, 0.25) is 0 Å². The first-order valence-corrected chi connectivity index (χ1v) is 6.58. The van der Waals surface area contributed by atoms with E-state index in [1.54, 1.807) is 11.3 Å². The Labute approximate surface area is 109 Å². The average Bonchev–Trinajstić information content (AvgIpc) is 2.72. The molecule has 0 bridgehead atoms. The van der Waals surface area contributed by atoms with Crippen LogP contribution in [0.3, 0.4) is 0 Å². The van der Waals surface area contributed by atoms with Gasteiger partial charge in [0.25, 0.3) is 0 Å². The molecule has 0 unspecified atom stereocenters. The van der Waals surface area contributed by atoms with E-state index in [0.29, 0.717) is 5.75 Å². The Kier molecular flexibility index (Phi) is 2.56. The molecule has 1 heterocycles. The first-order valence-electron chi connectivity index (χ1n) is 5.76. The van der Waals surface area contributed by atoms with Crippen LogP contribution in [0.5, 0.6) is 5.75 Å².